The number of carbonyl (C=O) groups excluding carboxylic acids is 1. The standard InChI is InChI=1S/C9H6ClFN2O/c10-9(14)8-6(5-11)13-4-2-1-3-7(13)12-8/h1-4H,5H2. The maximum absolute atomic E-state index is 12.6. The van der Waals surface area contributed by atoms with Gasteiger partial charge < -0.3 is 4.40 Å². The van der Waals surface area contributed by atoms with Gasteiger partial charge in [0, 0.05) is 6.20 Å². The highest BCUT2D eigenvalue weighted by Gasteiger charge is 2.16. The molecule has 0 amide bonds. The lowest BCUT2D eigenvalue weighted by Gasteiger charge is -1.95. The van der Waals surface area contributed by atoms with Crippen LogP contribution in [0.2, 0.25) is 0 Å². The molecule has 2 heterocycles. The summed E-state index contributed by atoms with van der Waals surface area (Å²) in [5.74, 6) is 0. The van der Waals surface area contributed by atoms with E-state index < -0.39 is 11.9 Å². The summed E-state index contributed by atoms with van der Waals surface area (Å²) in [6, 6.07) is 5.17. The van der Waals surface area contributed by atoms with Crippen molar-refractivity contribution >= 4 is 22.5 Å². The summed E-state index contributed by atoms with van der Waals surface area (Å²) in [5, 5.41) is -0.735. The second kappa shape index (κ2) is 3.38. The molecule has 0 bridgehead atoms. The molecule has 0 saturated carbocycles. The Labute approximate surface area is 84.1 Å². The third-order valence-corrected chi connectivity index (χ3v) is 2.12. The first-order chi connectivity index (χ1) is 6.74. The monoisotopic (exact) mass is 212 g/mol. The van der Waals surface area contributed by atoms with Crippen LogP contribution in [0.15, 0.2) is 24.4 Å². The molecule has 2 rings (SSSR count). The van der Waals surface area contributed by atoms with Crippen LogP contribution in [0.5, 0.6) is 0 Å². The molecule has 14 heavy (non-hydrogen) atoms. The van der Waals surface area contributed by atoms with E-state index in [4.69, 9.17) is 11.6 Å². The summed E-state index contributed by atoms with van der Waals surface area (Å²) in [5.41, 5.74) is 0.699. The fraction of sp³-hybridized carbons (Fsp3) is 0.111. The predicted octanol–water partition coefficient (Wildman–Crippen LogP) is 2.18. The largest absolute Gasteiger partial charge is 0.301 e. The summed E-state index contributed by atoms with van der Waals surface area (Å²) < 4.78 is 14.1. The molecule has 0 spiro atoms. The Kier molecular flexibility index (Phi) is 2.21. The quantitative estimate of drug-likeness (QED) is 0.715. The van der Waals surface area contributed by atoms with Crippen LogP contribution in [0.3, 0.4) is 0 Å². The molecule has 0 saturated heterocycles. The van der Waals surface area contributed by atoms with E-state index >= 15 is 0 Å². The molecule has 2 aromatic rings. The second-order valence-corrected chi connectivity index (χ2v) is 3.09. The highest BCUT2D eigenvalue weighted by molar-refractivity contribution is 6.67. The molecule has 2 aromatic heterocycles. The zero-order valence-corrected chi connectivity index (χ0v) is 7.83. The molecular formula is C9H6ClFN2O. The van der Waals surface area contributed by atoms with Gasteiger partial charge in [-0.3, -0.25) is 4.79 Å². The Balaban J connectivity index is 2.78. The van der Waals surface area contributed by atoms with Gasteiger partial charge in [-0.15, -0.1) is 0 Å². The molecule has 0 N–H and O–H groups in total. The molecule has 0 fully saturated rings. The van der Waals surface area contributed by atoms with Gasteiger partial charge in [-0.2, -0.15) is 0 Å². The molecular weight excluding hydrogens is 207 g/mol. The number of fused-ring (bicyclic) bond motifs is 1. The number of carbonyl (C=O) groups is 1. The van der Waals surface area contributed by atoms with Crippen LogP contribution < -0.4 is 0 Å². The molecule has 0 aliphatic rings. The molecule has 0 radical (unpaired) electrons. The summed E-state index contributed by atoms with van der Waals surface area (Å²) in [6.07, 6.45) is 1.64. The SMILES string of the molecule is O=C(Cl)c1nc2ccccn2c1CF. The third-order valence-electron chi connectivity index (χ3n) is 1.94. The average molecular weight is 213 g/mol. The Morgan fingerprint density at radius 3 is 3.00 bits per heavy atom. The maximum Gasteiger partial charge on any atom is 0.272 e. The van der Waals surface area contributed by atoms with E-state index in [2.05, 4.69) is 4.98 Å². The van der Waals surface area contributed by atoms with Gasteiger partial charge in [0.25, 0.3) is 5.24 Å². The highest BCUT2D eigenvalue weighted by atomic mass is 35.5. The van der Waals surface area contributed by atoms with Gasteiger partial charge in [0.1, 0.15) is 18.0 Å². The number of imidazole rings is 1. The number of pyridine rings is 1. The lowest BCUT2D eigenvalue weighted by atomic mass is 10.3. The third kappa shape index (κ3) is 1.28. The van der Waals surface area contributed by atoms with E-state index in [1.54, 1.807) is 24.4 Å². The number of rotatable bonds is 2. The fourth-order valence-corrected chi connectivity index (χ4v) is 1.48. The van der Waals surface area contributed by atoms with Crippen molar-refractivity contribution in [3.8, 4) is 0 Å². The van der Waals surface area contributed by atoms with Crippen molar-refractivity contribution < 1.29 is 9.18 Å². The lowest BCUT2D eigenvalue weighted by Crippen LogP contribution is -1.96. The van der Waals surface area contributed by atoms with Crippen molar-refractivity contribution in [1.82, 2.24) is 9.38 Å². The van der Waals surface area contributed by atoms with E-state index in [-0.39, 0.29) is 11.4 Å². The van der Waals surface area contributed by atoms with E-state index in [0.29, 0.717) is 5.65 Å². The molecule has 3 nitrogen and oxygen atoms in total. The van der Waals surface area contributed by atoms with Crippen molar-refractivity contribution in [2.75, 3.05) is 0 Å². The molecule has 5 heteroatoms. The van der Waals surface area contributed by atoms with E-state index in [1.165, 1.54) is 4.40 Å². The topological polar surface area (TPSA) is 34.4 Å². The van der Waals surface area contributed by atoms with Crippen LogP contribution in [0.25, 0.3) is 5.65 Å². The number of aromatic nitrogens is 2. The zero-order valence-electron chi connectivity index (χ0n) is 7.08. The van der Waals surface area contributed by atoms with Crippen molar-refractivity contribution in [3.63, 3.8) is 0 Å². The Morgan fingerprint density at radius 1 is 1.57 bits per heavy atom. The number of halogens is 2. The first kappa shape index (κ1) is 9.15. The van der Waals surface area contributed by atoms with E-state index in [0.717, 1.165) is 0 Å². The van der Waals surface area contributed by atoms with Gasteiger partial charge in [-0.25, -0.2) is 9.37 Å². The summed E-state index contributed by atoms with van der Waals surface area (Å²) in [7, 11) is 0. The number of hydrogen-bond acceptors (Lipinski definition) is 2. The van der Waals surface area contributed by atoms with Gasteiger partial charge in [0.05, 0.1) is 5.69 Å². The van der Waals surface area contributed by atoms with Crippen LogP contribution in [-0.2, 0) is 6.67 Å². The predicted molar refractivity (Wildman–Crippen MR) is 50.2 cm³/mol. The van der Waals surface area contributed by atoms with Crippen molar-refractivity contribution in [2.24, 2.45) is 0 Å². The summed E-state index contributed by atoms with van der Waals surface area (Å²) in [6.45, 7) is -0.765. The lowest BCUT2D eigenvalue weighted by molar-refractivity contribution is 0.107. The summed E-state index contributed by atoms with van der Waals surface area (Å²) >= 11 is 5.28. The number of nitrogens with zero attached hydrogens (tertiary/aromatic N) is 2. The first-order valence-electron chi connectivity index (χ1n) is 3.96. The molecule has 0 aromatic carbocycles. The molecule has 0 aliphatic heterocycles. The normalized spacial score (nSPS) is 10.7. The van der Waals surface area contributed by atoms with Crippen LogP contribution in [0.1, 0.15) is 16.2 Å². The van der Waals surface area contributed by atoms with Crippen molar-refractivity contribution in [3.05, 3.63) is 35.8 Å². The fourth-order valence-electron chi connectivity index (χ4n) is 1.33. The minimum atomic E-state index is -0.765. The van der Waals surface area contributed by atoms with Crippen LogP contribution in [-0.4, -0.2) is 14.6 Å². The molecule has 72 valence electrons. The van der Waals surface area contributed by atoms with Crippen LogP contribution in [0.4, 0.5) is 4.39 Å². The zero-order chi connectivity index (χ0) is 10.1. The maximum atomic E-state index is 12.6. The smallest absolute Gasteiger partial charge is 0.272 e. The summed E-state index contributed by atoms with van der Waals surface area (Å²) in [4.78, 5) is 14.8. The Hall–Kier alpha value is -1.42. The van der Waals surface area contributed by atoms with Crippen molar-refractivity contribution in [2.45, 2.75) is 6.67 Å². The number of hydrogen-bond donors (Lipinski definition) is 0. The van der Waals surface area contributed by atoms with Crippen LogP contribution >= 0.6 is 11.6 Å². The van der Waals surface area contributed by atoms with Gasteiger partial charge in [0.15, 0.2) is 0 Å². The van der Waals surface area contributed by atoms with Gasteiger partial charge >= 0.3 is 0 Å². The van der Waals surface area contributed by atoms with E-state index in [9.17, 15) is 9.18 Å². The molecule has 0 aliphatic carbocycles. The van der Waals surface area contributed by atoms with E-state index in [1.807, 2.05) is 0 Å². The molecule has 0 atom stereocenters. The highest BCUT2D eigenvalue weighted by Crippen LogP contribution is 2.15. The van der Waals surface area contributed by atoms with Gasteiger partial charge in [0.2, 0.25) is 0 Å². The van der Waals surface area contributed by atoms with Crippen molar-refractivity contribution in [1.29, 1.82) is 0 Å². The van der Waals surface area contributed by atoms with Gasteiger partial charge in [-0.05, 0) is 23.7 Å². The molecule has 0 unspecified atom stereocenters. The minimum absolute atomic E-state index is 0.0135. The Bertz CT molecular complexity index is 495. The Morgan fingerprint density at radius 2 is 2.36 bits per heavy atom. The van der Waals surface area contributed by atoms with Crippen LogP contribution in [0, 0.1) is 0 Å². The second-order valence-electron chi connectivity index (χ2n) is 2.74. The average Bonchev–Trinajstić information content (AvgIpc) is 2.56. The first-order valence-corrected chi connectivity index (χ1v) is 4.33. The minimum Gasteiger partial charge on any atom is -0.301 e. The van der Waals surface area contributed by atoms with Gasteiger partial charge in [-0.1, -0.05) is 6.07 Å². The number of alkyl halides is 1.